The molecular weight excluding hydrogens is 356 g/mol. The molecule has 0 heterocycles. The van der Waals surface area contributed by atoms with E-state index in [2.05, 4.69) is 40.7 Å². The lowest BCUT2D eigenvalue weighted by Gasteiger charge is -2.58. The molecule has 4 rings (SSSR count). The summed E-state index contributed by atoms with van der Waals surface area (Å²) in [5.41, 5.74) is 2.48. The molecule has 2 N–H and O–H groups in total. The largest absolute Gasteiger partial charge is 0.393 e. The average Bonchev–Trinajstić information content (AvgIpc) is 2.98. The van der Waals surface area contributed by atoms with Gasteiger partial charge in [0.15, 0.2) is 0 Å². The van der Waals surface area contributed by atoms with Gasteiger partial charge in [-0.3, -0.25) is 0 Å². The molecule has 0 aromatic carbocycles. The Balaban J connectivity index is 1.43. The summed E-state index contributed by atoms with van der Waals surface area (Å²) in [6.45, 7) is 11.6. The first-order chi connectivity index (χ1) is 13.6. The van der Waals surface area contributed by atoms with E-state index in [1.54, 1.807) is 5.57 Å². The topological polar surface area (TPSA) is 40.5 Å². The van der Waals surface area contributed by atoms with Crippen molar-refractivity contribution < 1.29 is 10.2 Å². The number of aliphatic hydroxyl groups excluding tert-OH is 2. The summed E-state index contributed by atoms with van der Waals surface area (Å²) in [5, 5.41) is 20.6. The summed E-state index contributed by atoms with van der Waals surface area (Å²) in [4.78, 5) is 0. The first-order valence-corrected chi connectivity index (χ1v) is 12.6. The monoisotopic (exact) mass is 402 g/mol. The molecule has 8 atom stereocenters. The third-order valence-electron chi connectivity index (χ3n) is 10.3. The minimum atomic E-state index is -0.174. The smallest absolute Gasteiger partial charge is 0.0588 e. The van der Waals surface area contributed by atoms with E-state index < -0.39 is 0 Å². The Morgan fingerprint density at radius 1 is 1.07 bits per heavy atom. The van der Waals surface area contributed by atoms with Gasteiger partial charge >= 0.3 is 0 Å². The van der Waals surface area contributed by atoms with Crippen molar-refractivity contribution in [3.8, 4) is 0 Å². The number of hydrogen-bond donors (Lipinski definition) is 2. The maximum Gasteiger partial charge on any atom is 0.0588 e. The number of fused-ring (bicyclic) bond motifs is 5. The number of rotatable bonds is 4. The van der Waals surface area contributed by atoms with Crippen molar-refractivity contribution in [3.05, 3.63) is 11.6 Å². The molecule has 29 heavy (non-hydrogen) atoms. The molecule has 4 aliphatic rings. The van der Waals surface area contributed by atoms with Gasteiger partial charge in [-0.1, -0.05) is 52.7 Å². The van der Waals surface area contributed by atoms with Crippen LogP contribution in [0.2, 0.25) is 0 Å². The zero-order valence-electron chi connectivity index (χ0n) is 19.7. The Labute approximate surface area is 179 Å². The molecule has 0 saturated heterocycles. The van der Waals surface area contributed by atoms with E-state index in [9.17, 15) is 10.2 Å². The predicted octanol–water partition coefficient (Wildman–Crippen LogP) is 6.50. The van der Waals surface area contributed by atoms with Gasteiger partial charge < -0.3 is 10.2 Å². The van der Waals surface area contributed by atoms with Crippen LogP contribution in [0, 0.1) is 39.9 Å². The predicted molar refractivity (Wildman–Crippen MR) is 121 cm³/mol. The molecule has 0 amide bonds. The lowest BCUT2D eigenvalue weighted by atomic mass is 9.47. The van der Waals surface area contributed by atoms with Gasteiger partial charge in [0.05, 0.1) is 12.2 Å². The van der Waals surface area contributed by atoms with Gasteiger partial charge in [-0.05, 0) is 104 Å². The van der Waals surface area contributed by atoms with Gasteiger partial charge in [-0.2, -0.15) is 0 Å². The molecular formula is C27H46O2. The Morgan fingerprint density at radius 3 is 2.55 bits per heavy atom. The highest BCUT2D eigenvalue weighted by Gasteiger charge is 2.58. The summed E-state index contributed by atoms with van der Waals surface area (Å²) in [6.07, 6.45) is 15.7. The van der Waals surface area contributed by atoms with Crippen LogP contribution < -0.4 is 0 Å². The molecule has 0 bridgehead atoms. The molecule has 2 nitrogen and oxygen atoms in total. The highest BCUT2D eigenvalue weighted by atomic mass is 16.3. The van der Waals surface area contributed by atoms with E-state index in [-0.39, 0.29) is 17.6 Å². The summed E-state index contributed by atoms with van der Waals surface area (Å²) in [6, 6.07) is 0. The highest BCUT2D eigenvalue weighted by Crippen LogP contribution is 2.66. The SMILES string of the molecule is CC(C)(C)C(O)CCCC1CCC2C3CC=C4CC(O)CCC4(C)C3CCC12C. The lowest BCUT2D eigenvalue weighted by Crippen LogP contribution is -2.50. The Bertz CT molecular complexity index is 631. The van der Waals surface area contributed by atoms with Gasteiger partial charge in [0.25, 0.3) is 0 Å². The second-order valence-electron chi connectivity index (χ2n) is 12.8. The number of aliphatic hydroxyl groups is 2. The van der Waals surface area contributed by atoms with Crippen molar-refractivity contribution in [2.24, 2.45) is 39.9 Å². The van der Waals surface area contributed by atoms with Crippen LogP contribution in [0.5, 0.6) is 0 Å². The normalized spacial score (nSPS) is 45.8. The lowest BCUT2D eigenvalue weighted by molar-refractivity contribution is -0.0514. The van der Waals surface area contributed by atoms with E-state index in [1.165, 1.54) is 51.4 Å². The molecule has 166 valence electrons. The summed E-state index contributed by atoms with van der Waals surface area (Å²) in [7, 11) is 0. The van der Waals surface area contributed by atoms with Crippen LogP contribution in [0.15, 0.2) is 11.6 Å². The fourth-order valence-corrected chi connectivity index (χ4v) is 8.22. The third kappa shape index (κ3) is 3.75. The van der Waals surface area contributed by atoms with Crippen molar-refractivity contribution >= 4 is 0 Å². The molecule has 3 fully saturated rings. The first-order valence-electron chi connectivity index (χ1n) is 12.6. The molecule has 0 aliphatic heterocycles. The molecule has 0 aromatic heterocycles. The van der Waals surface area contributed by atoms with Gasteiger partial charge in [-0.15, -0.1) is 0 Å². The van der Waals surface area contributed by atoms with Crippen LogP contribution >= 0.6 is 0 Å². The minimum absolute atomic E-state index is 0.00926. The molecule has 3 saturated carbocycles. The highest BCUT2D eigenvalue weighted by molar-refractivity contribution is 5.25. The Morgan fingerprint density at radius 2 is 1.83 bits per heavy atom. The third-order valence-corrected chi connectivity index (χ3v) is 10.3. The van der Waals surface area contributed by atoms with Crippen LogP contribution in [0.4, 0.5) is 0 Å². The zero-order chi connectivity index (χ0) is 21.0. The maximum absolute atomic E-state index is 10.4. The molecule has 0 aromatic rings. The average molecular weight is 403 g/mol. The molecule has 2 heteroatoms. The van der Waals surface area contributed by atoms with E-state index in [1.807, 2.05) is 0 Å². The van der Waals surface area contributed by atoms with Crippen molar-refractivity contribution in [1.82, 2.24) is 0 Å². The summed E-state index contributed by atoms with van der Waals surface area (Å²) < 4.78 is 0. The number of allylic oxidation sites excluding steroid dienone is 1. The van der Waals surface area contributed by atoms with Crippen molar-refractivity contribution in [2.75, 3.05) is 0 Å². The maximum atomic E-state index is 10.4. The van der Waals surface area contributed by atoms with Crippen LogP contribution in [0.3, 0.4) is 0 Å². The van der Waals surface area contributed by atoms with Gasteiger partial charge in [0, 0.05) is 0 Å². The van der Waals surface area contributed by atoms with Crippen molar-refractivity contribution in [3.63, 3.8) is 0 Å². The second-order valence-corrected chi connectivity index (χ2v) is 12.8. The zero-order valence-corrected chi connectivity index (χ0v) is 19.7. The van der Waals surface area contributed by atoms with Crippen molar-refractivity contribution in [1.29, 1.82) is 0 Å². The van der Waals surface area contributed by atoms with E-state index in [4.69, 9.17) is 0 Å². The van der Waals surface area contributed by atoms with E-state index in [0.29, 0.717) is 10.8 Å². The molecule has 0 radical (unpaired) electrons. The molecule has 0 spiro atoms. The van der Waals surface area contributed by atoms with Gasteiger partial charge in [0.1, 0.15) is 0 Å². The van der Waals surface area contributed by atoms with Gasteiger partial charge in [-0.25, -0.2) is 0 Å². The van der Waals surface area contributed by atoms with E-state index >= 15 is 0 Å². The van der Waals surface area contributed by atoms with Gasteiger partial charge in [0.2, 0.25) is 0 Å². The fraction of sp³-hybridized carbons (Fsp3) is 0.926. The fourth-order valence-electron chi connectivity index (χ4n) is 8.22. The van der Waals surface area contributed by atoms with Crippen LogP contribution in [-0.4, -0.2) is 22.4 Å². The Kier molecular flexibility index (Phi) is 5.78. The standard InChI is InChI=1S/C27H46O2/c1-25(2,3)24(29)8-6-7-18-10-12-22-21-11-9-19-17-20(28)13-15-27(19,5)23(21)14-16-26(18,22)4/h9,18,20-24,28-29H,6-8,10-17H2,1-5H3. The molecule has 8 unspecified atom stereocenters. The summed E-state index contributed by atoms with van der Waals surface area (Å²) in [5.74, 6) is 3.45. The number of hydrogen-bond acceptors (Lipinski definition) is 2. The summed E-state index contributed by atoms with van der Waals surface area (Å²) >= 11 is 0. The second kappa shape index (κ2) is 7.66. The van der Waals surface area contributed by atoms with E-state index in [0.717, 1.165) is 42.9 Å². The van der Waals surface area contributed by atoms with Crippen LogP contribution in [0.1, 0.15) is 105 Å². The molecule has 4 aliphatic carbocycles. The van der Waals surface area contributed by atoms with Crippen LogP contribution in [0.25, 0.3) is 0 Å². The first kappa shape index (κ1) is 21.9. The minimum Gasteiger partial charge on any atom is -0.393 e. The quantitative estimate of drug-likeness (QED) is 0.527. The van der Waals surface area contributed by atoms with Crippen LogP contribution in [-0.2, 0) is 0 Å². The van der Waals surface area contributed by atoms with Crippen molar-refractivity contribution in [2.45, 2.75) is 117 Å². The Hall–Kier alpha value is -0.340.